The Bertz CT molecular complexity index is 1380. The third-order valence-electron chi connectivity index (χ3n) is 5.42. The molecule has 0 aliphatic carbocycles. The molecule has 4 aromatic rings. The van der Waals surface area contributed by atoms with Gasteiger partial charge in [0.25, 0.3) is 0 Å². The van der Waals surface area contributed by atoms with Gasteiger partial charge in [0.2, 0.25) is 5.91 Å². The first-order valence-electron chi connectivity index (χ1n) is 9.32. The summed E-state index contributed by atoms with van der Waals surface area (Å²) in [7, 11) is 0. The van der Waals surface area contributed by atoms with E-state index in [1.165, 1.54) is 17.2 Å². The molecule has 1 unspecified atom stereocenters. The number of aliphatic hydroxyl groups is 2. The minimum absolute atomic E-state index is 0.160. The zero-order chi connectivity index (χ0) is 21.9. The summed E-state index contributed by atoms with van der Waals surface area (Å²) in [5.41, 5.74) is 13.6. The molecule has 1 aromatic carbocycles. The van der Waals surface area contributed by atoms with E-state index in [0.717, 1.165) is 0 Å². The number of nitrogen functional groups attached to an aromatic ring is 1. The predicted molar refractivity (Wildman–Crippen MR) is 111 cm³/mol. The summed E-state index contributed by atoms with van der Waals surface area (Å²) in [4.78, 5) is 26.7. The number of hydrogen-bond donors (Lipinski definition) is 5. The van der Waals surface area contributed by atoms with E-state index in [2.05, 4.69) is 19.9 Å². The molecule has 0 spiro atoms. The quantitative estimate of drug-likeness (QED) is 0.268. The van der Waals surface area contributed by atoms with Crippen LogP contribution in [0.25, 0.3) is 22.2 Å². The van der Waals surface area contributed by atoms with E-state index >= 15 is 0 Å². The number of aromatic amines is 1. The number of nitrogens with one attached hydrogen (secondary N) is 1. The van der Waals surface area contributed by atoms with Gasteiger partial charge in [0.1, 0.15) is 30.2 Å². The fraction of sp³-hybridized carbons (Fsp3) is 0.278. The molecular formula is C18H18N8O4S. The Labute approximate surface area is 179 Å². The summed E-state index contributed by atoms with van der Waals surface area (Å²) in [6.07, 6.45) is -1.42. The monoisotopic (exact) mass is 442 g/mol. The highest BCUT2D eigenvalue weighted by molar-refractivity contribution is 7.71. The third-order valence-corrected chi connectivity index (χ3v) is 5.74. The lowest BCUT2D eigenvalue weighted by molar-refractivity contribution is -0.0391. The maximum atomic E-state index is 11.4. The topological polar surface area (TPSA) is 183 Å². The highest BCUT2D eigenvalue weighted by Gasteiger charge is 2.44. The van der Waals surface area contributed by atoms with Crippen molar-refractivity contribution in [2.75, 3.05) is 5.73 Å². The molecule has 1 aliphatic heterocycles. The number of aromatic nitrogens is 6. The number of nitrogens with zero attached hydrogens (tertiary/aromatic N) is 5. The second-order valence-corrected chi connectivity index (χ2v) is 7.65. The van der Waals surface area contributed by atoms with Gasteiger partial charge in [0, 0.05) is 5.56 Å². The standard InChI is InChI=1S/C18H18N8O4S/c19-14-11-16(22-5-21-14)26(6-23-11)17-13(28)12(27)10(30-17)4-25-9-2-1-7(15(20)29)3-8(9)24-18(25)31/h1-3,5-6,10,12-13,17,27-28H,4H2,(H2,20,29)(H,24,31)(H2,19,21,22)/t10-,12-,13-,17?/m1/s1. The van der Waals surface area contributed by atoms with Crippen LogP contribution in [0, 0.1) is 4.77 Å². The molecule has 12 nitrogen and oxygen atoms in total. The van der Waals surface area contributed by atoms with E-state index in [1.54, 1.807) is 22.8 Å². The van der Waals surface area contributed by atoms with Crippen LogP contribution < -0.4 is 11.5 Å². The first-order chi connectivity index (χ1) is 14.8. The third kappa shape index (κ3) is 3.06. The zero-order valence-electron chi connectivity index (χ0n) is 15.9. The molecule has 0 saturated carbocycles. The van der Waals surface area contributed by atoms with Gasteiger partial charge in [-0.2, -0.15) is 0 Å². The Kier molecular flexibility index (Phi) is 4.48. The lowest BCUT2D eigenvalue weighted by atomic mass is 10.1. The average molecular weight is 442 g/mol. The maximum absolute atomic E-state index is 11.4. The van der Waals surface area contributed by atoms with Crippen molar-refractivity contribution in [1.29, 1.82) is 0 Å². The van der Waals surface area contributed by atoms with Crippen LogP contribution in [0.15, 0.2) is 30.9 Å². The molecule has 1 amide bonds. The van der Waals surface area contributed by atoms with Gasteiger partial charge < -0.3 is 36.0 Å². The van der Waals surface area contributed by atoms with Crippen LogP contribution in [0.1, 0.15) is 16.6 Å². The van der Waals surface area contributed by atoms with Gasteiger partial charge in [0.05, 0.1) is 23.9 Å². The lowest BCUT2D eigenvalue weighted by Crippen LogP contribution is -2.33. The number of amides is 1. The van der Waals surface area contributed by atoms with Gasteiger partial charge >= 0.3 is 0 Å². The molecule has 5 rings (SSSR count). The maximum Gasteiger partial charge on any atom is 0.248 e. The summed E-state index contributed by atoms with van der Waals surface area (Å²) in [5, 5.41) is 21.3. The van der Waals surface area contributed by atoms with Crippen LogP contribution in [-0.4, -0.2) is 63.5 Å². The molecule has 31 heavy (non-hydrogen) atoms. The Hall–Kier alpha value is -3.39. The van der Waals surface area contributed by atoms with E-state index in [0.29, 0.717) is 32.5 Å². The van der Waals surface area contributed by atoms with E-state index in [4.69, 9.17) is 28.4 Å². The lowest BCUT2D eigenvalue weighted by Gasteiger charge is -2.16. The molecule has 4 heterocycles. The fourth-order valence-corrected chi connectivity index (χ4v) is 4.13. The second kappa shape index (κ2) is 7.09. The molecule has 160 valence electrons. The van der Waals surface area contributed by atoms with Gasteiger partial charge in [-0.15, -0.1) is 0 Å². The number of ether oxygens (including phenoxy) is 1. The summed E-state index contributed by atoms with van der Waals surface area (Å²) in [6, 6.07) is 4.91. The molecule has 0 radical (unpaired) electrons. The second-order valence-electron chi connectivity index (χ2n) is 7.27. The van der Waals surface area contributed by atoms with Crippen molar-refractivity contribution in [3.63, 3.8) is 0 Å². The molecule has 7 N–H and O–H groups in total. The largest absolute Gasteiger partial charge is 0.387 e. The SMILES string of the molecule is NC(=O)c1ccc2c(c1)[nH]c(=S)n2C[C@H]1OC(n2cnc3c(N)ncnc32)[C@H](O)[C@@H]1O. The number of imidazole rings is 2. The van der Waals surface area contributed by atoms with Crippen molar-refractivity contribution >= 4 is 46.1 Å². The average Bonchev–Trinajstić information content (AvgIpc) is 3.38. The zero-order valence-corrected chi connectivity index (χ0v) is 16.7. The number of hydrogen-bond acceptors (Lipinski definition) is 9. The first-order valence-corrected chi connectivity index (χ1v) is 9.73. The van der Waals surface area contributed by atoms with Gasteiger partial charge in [-0.3, -0.25) is 9.36 Å². The number of carbonyl (C=O) groups is 1. The number of benzene rings is 1. The number of anilines is 1. The van der Waals surface area contributed by atoms with Crippen LogP contribution >= 0.6 is 12.2 Å². The van der Waals surface area contributed by atoms with Crippen LogP contribution in [-0.2, 0) is 11.3 Å². The van der Waals surface area contributed by atoms with Crippen LogP contribution in [0.3, 0.4) is 0 Å². The molecular weight excluding hydrogens is 424 g/mol. The summed E-state index contributed by atoms with van der Waals surface area (Å²) in [5.74, 6) is -0.347. The Balaban J connectivity index is 1.47. The van der Waals surface area contributed by atoms with Crippen molar-refractivity contribution in [3.8, 4) is 0 Å². The van der Waals surface area contributed by atoms with Gasteiger partial charge in [0.15, 0.2) is 22.5 Å². The molecule has 1 saturated heterocycles. The number of H-pyrrole nitrogens is 1. The molecule has 0 bridgehead atoms. The fourth-order valence-electron chi connectivity index (χ4n) is 3.84. The minimum atomic E-state index is -1.24. The Morgan fingerprint density at radius 1 is 1.26 bits per heavy atom. The molecule has 13 heteroatoms. The number of nitrogens with two attached hydrogens (primary N) is 2. The van der Waals surface area contributed by atoms with Crippen molar-refractivity contribution in [3.05, 3.63) is 41.2 Å². The molecule has 3 aromatic heterocycles. The highest BCUT2D eigenvalue weighted by atomic mass is 32.1. The normalized spacial score (nSPS) is 23.7. The number of primary amides is 1. The predicted octanol–water partition coefficient (Wildman–Crippen LogP) is -0.161. The summed E-state index contributed by atoms with van der Waals surface area (Å²) in [6.45, 7) is 0.160. The van der Waals surface area contributed by atoms with Crippen molar-refractivity contribution in [2.45, 2.75) is 31.1 Å². The molecule has 1 aliphatic rings. The summed E-state index contributed by atoms with van der Waals surface area (Å²) < 4.78 is 9.59. The van der Waals surface area contributed by atoms with Crippen LogP contribution in [0.5, 0.6) is 0 Å². The number of rotatable bonds is 4. The van der Waals surface area contributed by atoms with Crippen molar-refractivity contribution in [2.24, 2.45) is 5.73 Å². The van der Waals surface area contributed by atoms with E-state index in [-0.39, 0.29) is 12.4 Å². The number of aliphatic hydroxyl groups excluding tert-OH is 2. The van der Waals surface area contributed by atoms with Gasteiger partial charge in [-0.25, -0.2) is 15.0 Å². The Morgan fingerprint density at radius 3 is 2.84 bits per heavy atom. The first kappa shape index (κ1) is 19.6. The Morgan fingerprint density at radius 2 is 2.06 bits per heavy atom. The summed E-state index contributed by atoms with van der Waals surface area (Å²) >= 11 is 5.40. The molecule has 4 atom stereocenters. The van der Waals surface area contributed by atoms with Gasteiger partial charge in [-0.1, -0.05) is 0 Å². The van der Waals surface area contributed by atoms with E-state index in [1.807, 2.05) is 0 Å². The minimum Gasteiger partial charge on any atom is -0.387 e. The molecule has 1 fully saturated rings. The number of carbonyl (C=O) groups excluding carboxylic acids is 1. The van der Waals surface area contributed by atoms with Crippen molar-refractivity contribution in [1.82, 2.24) is 29.1 Å². The van der Waals surface area contributed by atoms with Crippen LogP contribution in [0.4, 0.5) is 5.82 Å². The smallest absolute Gasteiger partial charge is 0.248 e. The van der Waals surface area contributed by atoms with E-state index in [9.17, 15) is 15.0 Å². The van der Waals surface area contributed by atoms with Crippen LogP contribution in [0.2, 0.25) is 0 Å². The number of fused-ring (bicyclic) bond motifs is 2. The van der Waals surface area contributed by atoms with Crippen molar-refractivity contribution < 1.29 is 19.7 Å². The van der Waals surface area contributed by atoms with Gasteiger partial charge in [-0.05, 0) is 30.4 Å². The van der Waals surface area contributed by atoms with E-state index < -0.39 is 30.4 Å². The highest BCUT2D eigenvalue weighted by Crippen LogP contribution is 2.33.